The van der Waals surface area contributed by atoms with Gasteiger partial charge in [-0.1, -0.05) is 33.8 Å². The SMILES string of the molecule is CN1CC[C@]2(C)c3cc(O)ccc3C[C@@H]1[C@H]2CCC(C)(O)C(C)(C)C. The number of aromatic hydroxyl groups is 1. The summed E-state index contributed by atoms with van der Waals surface area (Å²) in [6.45, 7) is 11.8. The van der Waals surface area contributed by atoms with Crippen LogP contribution in [0.5, 0.6) is 5.75 Å². The molecule has 1 heterocycles. The second kappa shape index (κ2) is 5.99. The molecule has 2 aliphatic rings. The van der Waals surface area contributed by atoms with Gasteiger partial charge in [-0.2, -0.15) is 0 Å². The first-order valence-electron chi connectivity index (χ1n) is 9.71. The van der Waals surface area contributed by atoms with Crippen molar-refractivity contribution >= 4 is 0 Å². The molecule has 1 unspecified atom stereocenters. The molecule has 140 valence electrons. The Kier molecular flexibility index (Phi) is 4.49. The predicted octanol–water partition coefficient (Wildman–Crippen LogP) is 4.10. The Balaban J connectivity index is 1.93. The summed E-state index contributed by atoms with van der Waals surface area (Å²) in [4.78, 5) is 2.51. The van der Waals surface area contributed by atoms with Crippen molar-refractivity contribution in [3.8, 4) is 5.75 Å². The maximum atomic E-state index is 11.0. The third kappa shape index (κ3) is 3.10. The highest BCUT2D eigenvalue weighted by molar-refractivity contribution is 5.44. The van der Waals surface area contributed by atoms with Crippen molar-refractivity contribution < 1.29 is 10.2 Å². The molecule has 0 radical (unpaired) electrons. The molecule has 25 heavy (non-hydrogen) atoms. The normalized spacial score (nSPS) is 32.1. The summed E-state index contributed by atoms with van der Waals surface area (Å²) in [5.74, 6) is 0.882. The Morgan fingerprint density at radius 3 is 2.56 bits per heavy atom. The Labute approximate surface area is 153 Å². The minimum Gasteiger partial charge on any atom is -0.508 e. The summed E-state index contributed by atoms with van der Waals surface area (Å²) in [6, 6.07) is 6.44. The van der Waals surface area contributed by atoms with Crippen LogP contribution in [0.1, 0.15) is 65.0 Å². The van der Waals surface area contributed by atoms with Crippen molar-refractivity contribution in [3.63, 3.8) is 0 Å². The van der Waals surface area contributed by atoms with Crippen molar-refractivity contribution in [1.29, 1.82) is 0 Å². The first-order valence-corrected chi connectivity index (χ1v) is 9.71. The summed E-state index contributed by atoms with van der Waals surface area (Å²) in [6.07, 6.45) is 3.99. The highest BCUT2D eigenvalue weighted by Crippen LogP contribution is 2.51. The zero-order valence-corrected chi connectivity index (χ0v) is 16.8. The maximum absolute atomic E-state index is 11.0. The largest absolute Gasteiger partial charge is 0.508 e. The lowest BCUT2D eigenvalue weighted by molar-refractivity contribution is -0.0626. The van der Waals surface area contributed by atoms with Gasteiger partial charge in [0.05, 0.1) is 5.60 Å². The zero-order chi connectivity index (χ0) is 18.6. The van der Waals surface area contributed by atoms with E-state index in [-0.39, 0.29) is 10.8 Å². The standard InChI is InChI=1S/C22H35NO2/c1-20(2,3)22(5,25)10-9-17-19-13-15-7-8-16(24)14-18(15)21(17,4)11-12-23(19)6/h7-8,14,17,19,24-25H,9-13H2,1-6H3/t17-,19-,21+,22?/m1/s1. The molecule has 0 spiro atoms. The van der Waals surface area contributed by atoms with E-state index < -0.39 is 5.60 Å². The number of benzene rings is 1. The van der Waals surface area contributed by atoms with Crippen LogP contribution in [-0.2, 0) is 11.8 Å². The number of likely N-dealkylation sites (tertiary alicyclic amines) is 1. The molecule has 0 saturated carbocycles. The molecule has 3 heteroatoms. The Bertz CT molecular complexity index is 646. The van der Waals surface area contributed by atoms with Gasteiger partial charge in [-0.05, 0) is 86.2 Å². The number of aliphatic hydroxyl groups is 1. The van der Waals surface area contributed by atoms with Crippen molar-refractivity contribution in [2.45, 2.75) is 77.4 Å². The van der Waals surface area contributed by atoms with E-state index in [2.05, 4.69) is 45.7 Å². The van der Waals surface area contributed by atoms with E-state index in [9.17, 15) is 10.2 Å². The summed E-state index contributed by atoms with van der Waals surface area (Å²) >= 11 is 0. The van der Waals surface area contributed by atoms with Crippen LogP contribution in [0.3, 0.4) is 0 Å². The molecule has 1 aromatic carbocycles. The topological polar surface area (TPSA) is 43.7 Å². The average Bonchev–Trinajstić information content (AvgIpc) is 2.50. The van der Waals surface area contributed by atoms with Gasteiger partial charge >= 0.3 is 0 Å². The first kappa shape index (κ1) is 18.7. The first-order chi connectivity index (χ1) is 11.5. The van der Waals surface area contributed by atoms with Crippen LogP contribution in [0.2, 0.25) is 0 Å². The molecule has 1 aliphatic heterocycles. The molecule has 3 nitrogen and oxygen atoms in total. The number of hydrogen-bond donors (Lipinski definition) is 2. The minimum absolute atomic E-state index is 0.0808. The van der Waals surface area contributed by atoms with E-state index in [0.29, 0.717) is 17.7 Å². The molecule has 0 aromatic heterocycles. The highest BCUT2D eigenvalue weighted by atomic mass is 16.3. The second-order valence-electron chi connectivity index (χ2n) is 9.93. The molecule has 0 amide bonds. The van der Waals surface area contributed by atoms with E-state index in [0.717, 1.165) is 32.2 Å². The third-order valence-corrected chi connectivity index (χ3v) is 7.53. The van der Waals surface area contributed by atoms with Gasteiger partial charge in [-0.25, -0.2) is 0 Å². The van der Waals surface area contributed by atoms with Crippen LogP contribution in [0.15, 0.2) is 18.2 Å². The number of phenols is 1. The molecular weight excluding hydrogens is 310 g/mol. The average molecular weight is 346 g/mol. The summed E-state index contributed by atoms with van der Waals surface area (Å²) in [5.41, 5.74) is 2.00. The smallest absolute Gasteiger partial charge is 0.115 e. The third-order valence-electron chi connectivity index (χ3n) is 7.53. The monoisotopic (exact) mass is 345 g/mol. The Morgan fingerprint density at radius 1 is 1.24 bits per heavy atom. The molecule has 2 N–H and O–H groups in total. The molecular formula is C22H35NO2. The van der Waals surface area contributed by atoms with Gasteiger partial charge in [0.2, 0.25) is 0 Å². The fourth-order valence-electron chi connectivity index (χ4n) is 4.95. The van der Waals surface area contributed by atoms with Gasteiger partial charge in [0, 0.05) is 6.04 Å². The quantitative estimate of drug-likeness (QED) is 0.867. The lowest BCUT2D eigenvalue weighted by atomic mass is 9.56. The zero-order valence-electron chi connectivity index (χ0n) is 16.8. The van der Waals surface area contributed by atoms with Gasteiger partial charge in [-0.3, -0.25) is 0 Å². The van der Waals surface area contributed by atoms with Crippen LogP contribution in [0.4, 0.5) is 0 Å². The fourth-order valence-corrected chi connectivity index (χ4v) is 4.95. The number of piperidine rings is 1. The van der Waals surface area contributed by atoms with Crippen LogP contribution >= 0.6 is 0 Å². The molecule has 1 aliphatic carbocycles. The molecule has 2 bridgehead atoms. The predicted molar refractivity (Wildman–Crippen MR) is 103 cm³/mol. The Morgan fingerprint density at radius 2 is 1.92 bits per heavy atom. The minimum atomic E-state index is -0.671. The van der Waals surface area contributed by atoms with Crippen molar-refractivity contribution in [2.24, 2.45) is 11.3 Å². The Hall–Kier alpha value is -1.06. The van der Waals surface area contributed by atoms with E-state index in [1.165, 1.54) is 11.1 Å². The summed E-state index contributed by atoms with van der Waals surface area (Å²) < 4.78 is 0. The van der Waals surface area contributed by atoms with E-state index in [1.807, 2.05) is 19.1 Å². The number of likely N-dealkylation sites (N-methyl/N-ethyl adjacent to an activating group) is 1. The van der Waals surface area contributed by atoms with Crippen molar-refractivity contribution in [3.05, 3.63) is 29.3 Å². The molecule has 3 rings (SSSR count). The molecule has 1 saturated heterocycles. The van der Waals surface area contributed by atoms with Crippen molar-refractivity contribution in [2.75, 3.05) is 13.6 Å². The number of rotatable bonds is 3. The van der Waals surface area contributed by atoms with Crippen LogP contribution in [-0.4, -0.2) is 40.3 Å². The van der Waals surface area contributed by atoms with Gasteiger partial charge < -0.3 is 15.1 Å². The van der Waals surface area contributed by atoms with Crippen LogP contribution in [0, 0.1) is 11.3 Å². The van der Waals surface area contributed by atoms with E-state index in [4.69, 9.17) is 0 Å². The second-order valence-corrected chi connectivity index (χ2v) is 9.93. The summed E-state index contributed by atoms with van der Waals surface area (Å²) in [7, 11) is 2.24. The molecule has 4 atom stereocenters. The lowest BCUT2D eigenvalue weighted by Crippen LogP contribution is -2.58. The summed E-state index contributed by atoms with van der Waals surface area (Å²) in [5, 5.41) is 21.0. The van der Waals surface area contributed by atoms with Crippen molar-refractivity contribution in [1.82, 2.24) is 4.90 Å². The number of nitrogens with zero attached hydrogens (tertiary/aromatic N) is 1. The van der Waals surface area contributed by atoms with Gasteiger partial charge in [-0.15, -0.1) is 0 Å². The van der Waals surface area contributed by atoms with E-state index >= 15 is 0 Å². The number of fused-ring (bicyclic) bond motifs is 4. The van der Waals surface area contributed by atoms with E-state index in [1.54, 1.807) is 0 Å². The molecule has 1 fully saturated rings. The van der Waals surface area contributed by atoms with Gasteiger partial charge in [0.25, 0.3) is 0 Å². The van der Waals surface area contributed by atoms with Gasteiger partial charge in [0.15, 0.2) is 0 Å². The number of phenolic OH excluding ortho intramolecular Hbond substituents is 1. The van der Waals surface area contributed by atoms with Gasteiger partial charge in [0.1, 0.15) is 5.75 Å². The van der Waals surface area contributed by atoms with Crippen LogP contribution in [0.25, 0.3) is 0 Å². The highest BCUT2D eigenvalue weighted by Gasteiger charge is 2.50. The number of hydrogen-bond acceptors (Lipinski definition) is 3. The maximum Gasteiger partial charge on any atom is 0.115 e. The lowest BCUT2D eigenvalue weighted by Gasteiger charge is -2.55. The molecule has 1 aromatic rings. The fraction of sp³-hybridized carbons (Fsp3) is 0.727. The van der Waals surface area contributed by atoms with Crippen LogP contribution < -0.4 is 0 Å².